The number of carbonyl (C=O) groups is 1. The van der Waals surface area contributed by atoms with Crippen molar-refractivity contribution in [3.63, 3.8) is 0 Å². The van der Waals surface area contributed by atoms with Gasteiger partial charge >= 0.3 is 0 Å². The van der Waals surface area contributed by atoms with Crippen LogP contribution in [0.5, 0.6) is 11.5 Å². The second kappa shape index (κ2) is 10.2. The molecule has 0 atom stereocenters. The first-order chi connectivity index (χ1) is 13.6. The molecule has 0 aliphatic carbocycles. The van der Waals surface area contributed by atoms with E-state index < -0.39 is 0 Å². The van der Waals surface area contributed by atoms with Gasteiger partial charge in [-0.3, -0.25) is 4.79 Å². The van der Waals surface area contributed by atoms with Crippen molar-refractivity contribution >= 4 is 11.6 Å². The van der Waals surface area contributed by atoms with E-state index in [0.717, 1.165) is 5.56 Å². The van der Waals surface area contributed by atoms with E-state index in [4.69, 9.17) is 20.5 Å². The largest absolute Gasteiger partial charge is 0.493 e. The van der Waals surface area contributed by atoms with Gasteiger partial charge in [-0.05, 0) is 35.9 Å². The van der Waals surface area contributed by atoms with Crippen molar-refractivity contribution in [2.75, 3.05) is 38.9 Å². The monoisotopic (exact) mass is 384 g/mol. The van der Waals surface area contributed by atoms with E-state index in [1.165, 1.54) is 6.07 Å². The fourth-order valence-corrected chi connectivity index (χ4v) is 2.76. The summed E-state index contributed by atoms with van der Waals surface area (Å²) in [5.74, 6) is 0.820. The number of nitriles is 1. The van der Waals surface area contributed by atoms with Crippen LogP contribution in [0.1, 0.15) is 21.5 Å². The van der Waals surface area contributed by atoms with Crippen molar-refractivity contribution in [3.8, 4) is 17.6 Å². The van der Waals surface area contributed by atoms with E-state index >= 15 is 0 Å². The molecular weight excluding hydrogens is 360 g/mol. The third-order valence-corrected chi connectivity index (χ3v) is 4.20. The number of amides is 1. The molecule has 0 aliphatic heterocycles. The lowest BCUT2D eigenvalue weighted by Gasteiger charge is -2.24. The molecule has 0 radical (unpaired) electrons. The number of hydrogen-bond acceptors (Lipinski definition) is 7. The van der Waals surface area contributed by atoms with Gasteiger partial charge in [0, 0.05) is 13.1 Å². The van der Waals surface area contributed by atoms with Gasteiger partial charge in [0.2, 0.25) is 0 Å². The van der Waals surface area contributed by atoms with Crippen LogP contribution < -0.4 is 25.4 Å². The number of nitrogens with zero attached hydrogens (tertiary/aromatic N) is 2. The van der Waals surface area contributed by atoms with Crippen molar-refractivity contribution in [3.05, 3.63) is 53.1 Å². The van der Waals surface area contributed by atoms with Gasteiger partial charge in [-0.2, -0.15) is 5.26 Å². The quantitative estimate of drug-likeness (QED) is 0.556. The highest BCUT2D eigenvalue weighted by molar-refractivity contribution is 6.00. The fourth-order valence-electron chi connectivity index (χ4n) is 2.76. The first kappa shape index (κ1) is 21.0. The predicted molar refractivity (Wildman–Crippen MR) is 105 cm³/mol. The summed E-state index contributed by atoms with van der Waals surface area (Å²) >= 11 is 0. The minimum absolute atomic E-state index is 0.107. The number of aliphatic hydroxyl groups excluding tert-OH is 1. The zero-order chi connectivity index (χ0) is 20.5. The number of rotatable bonds is 9. The van der Waals surface area contributed by atoms with Crippen LogP contribution in [-0.2, 0) is 6.54 Å². The maximum Gasteiger partial charge on any atom is 0.253 e. The number of nitrogens with one attached hydrogen (secondary N) is 1. The summed E-state index contributed by atoms with van der Waals surface area (Å²) in [5, 5.41) is 21.2. The molecule has 0 aromatic heterocycles. The summed E-state index contributed by atoms with van der Waals surface area (Å²) in [7, 11) is 3.10. The molecule has 0 unspecified atom stereocenters. The maximum absolute atomic E-state index is 12.8. The van der Waals surface area contributed by atoms with Gasteiger partial charge in [0.05, 0.1) is 50.4 Å². The van der Waals surface area contributed by atoms with E-state index in [2.05, 4.69) is 5.32 Å². The van der Waals surface area contributed by atoms with Crippen molar-refractivity contribution in [1.82, 2.24) is 5.32 Å². The van der Waals surface area contributed by atoms with Crippen LogP contribution in [0.4, 0.5) is 5.69 Å². The SMILES string of the molecule is COc1ccc(CNC(=O)c2cc(C#N)ccc2N(CN)CCO)cc1OC. The molecule has 0 heterocycles. The summed E-state index contributed by atoms with van der Waals surface area (Å²) in [6.07, 6.45) is 0. The number of hydrogen-bond donors (Lipinski definition) is 3. The third-order valence-electron chi connectivity index (χ3n) is 4.20. The summed E-state index contributed by atoms with van der Waals surface area (Å²) in [6, 6.07) is 12.2. The average molecular weight is 384 g/mol. The fraction of sp³-hybridized carbons (Fsp3) is 0.300. The Morgan fingerprint density at radius 3 is 2.57 bits per heavy atom. The standard InChI is InChI=1S/C20H24N4O4/c1-27-18-6-4-15(10-19(18)28-2)12-23-20(26)16-9-14(11-21)3-5-17(16)24(13-22)7-8-25/h3-6,9-10,25H,7-8,12-13,22H2,1-2H3,(H,23,26). The number of methoxy groups -OCH3 is 2. The Labute approximate surface area is 164 Å². The van der Waals surface area contributed by atoms with E-state index in [0.29, 0.717) is 28.3 Å². The van der Waals surface area contributed by atoms with Crippen LogP contribution in [0.2, 0.25) is 0 Å². The number of carbonyl (C=O) groups excluding carboxylic acids is 1. The summed E-state index contributed by atoms with van der Waals surface area (Å²) < 4.78 is 10.5. The molecule has 2 aromatic rings. The Bertz CT molecular complexity index is 864. The Hall–Kier alpha value is -3.28. The van der Waals surface area contributed by atoms with Gasteiger partial charge in [0.1, 0.15) is 0 Å². The van der Waals surface area contributed by atoms with Gasteiger partial charge in [0.15, 0.2) is 11.5 Å². The molecule has 0 fully saturated rings. The lowest BCUT2D eigenvalue weighted by atomic mass is 10.1. The van der Waals surface area contributed by atoms with E-state index in [9.17, 15) is 9.90 Å². The van der Waals surface area contributed by atoms with Crippen molar-refractivity contribution in [1.29, 1.82) is 5.26 Å². The molecule has 1 amide bonds. The molecule has 2 aromatic carbocycles. The average Bonchev–Trinajstić information content (AvgIpc) is 2.75. The number of nitrogens with two attached hydrogens (primary N) is 1. The summed E-state index contributed by atoms with van der Waals surface area (Å²) in [6.45, 7) is 0.558. The van der Waals surface area contributed by atoms with E-state index in [-0.39, 0.29) is 32.3 Å². The Kier molecular flexibility index (Phi) is 7.63. The Morgan fingerprint density at radius 1 is 1.21 bits per heavy atom. The molecular formula is C20H24N4O4. The molecule has 8 heteroatoms. The third kappa shape index (κ3) is 4.91. The van der Waals surface area contributed by atoms with E-state index in [1.807, 2.05) is 12.1 Å². The molecule has 28 heavy (non-hydrogen) atoms. The lowest BCUT2D eigenvalue weighted by Crippen LogP contribution is -2.35. The van der Waals surface area contributed by atoms with Crippen molar-refractivity contribution in [2.24, 2.45) is 5.73 Å². The Morgan fingerprint density at radius 2 is 1.96 bits per heavy atom. The van der Waals surface area contributed by atoms with Crippen LogP contribution in [0.3, 0.4) is 0 Å². The van der Waals surface area contributed by atoms with Crippen LogP contribution in [0.15, 0.2) is 36.4 Å². The molecule has 0 aliphatic rings. The van der Waals surface area contributed by atoms with Crippen molar-refractivity contribution < 1.29 is 19.4 Å². The summed E-state index contributed by atoms with van der Waals surface area (Å²) in [4.78, 5) is 14.5. The van der Waals surface area contributed by atoms with Crippen molar-refractivity contribution in [2.45, 2.75) is 6.54 Å². The molecule has 0 spiro atoms. The van der Waals surface area contributed by atoms with E-state index in [1.54, 1.807) is 43.4 Å². The first-order valence-electron chi connectivity index (χ1n) is 8.67. The zero-order valence-corrected chi connectivity index (χ0v) is 15.9. The molecule has 0 bridgehead atoms. The molecule has 0 saturated carbocycles. The highest BCUT2D eigenvalue weighted by atomic mass is 16.5. The lowest BCUT2D eigenvalue weighted by molar-refractivity contribution is 0.0951. The maximum atomic E-state index is 12.8. The number of anilines is 1. The van der Waals surface area contributed by atoms with Gasteiger partial charge < -0.3 is 30.5 Å². The van der Waals surface area contributed by atoms with Gasteiger partial charge in [-0.15, -0.1) is 0 Å². The van der Waals surface area contributed by atoms with Gasteiger partial charge in [0.25, 0.3) is 5.91 Å². The molecule has 148 valence electrons. The van der Waals surface area contributed by atoms with Crippen LogP contribution in [0, 0.1) is 11.3 Å². The number of aliphatic hydroxyl groups is 1. The van der Waals surface area contributed by atoms with Crippen LogP contribution in [-0.4, -0.2) is 45.1 Å². The second-order valence-electron chi connectivity index (χ2n) is 5.89. The van der Waals surface area contributed by atoms with Crippen LogP contribution in [0.25, 0.3) is 0 Å². The first-order valence-corrected chi connectivity index (χ1v) is 8.67. The number of ether oxygens (including phenoxy) is 2. The predicted octanol–water partition coefficient (Wildman–Crippen LogP) is 1.22. The molecule has 4 N–H and O–H groups in total. The minimum atomic E-state index is -0.349. The highest BCUT2D eigenvalue weighted by Gasteiger charge is 2.17. The zero-order valence-electron chi connectivity index (χ0n) is 15.9. The molecule has 2 rings (SSSR count). The minimum Gasteiger partial charge on any atom is -0.493 e. The summed E-state index contributed by atoms with van der Waals surface area (Å²) in [5.41, 5.74) is 7.81. The molecule has 8 nitrogen and oxygen atoms in total. The smallest absolute Gasteiger partial charge is 0.253 e. The number of benzene rings is 2. The highest BCUT2D eigenvalue weighted by Crippen LogP contribution is 2.27. The Balaban J connectivity index is 2.24. The second-order valence-corrected chi connectivity index (χ2v) is 5.89. The van der Waals surface area contributed by atoms with Crippen LogP contribution >= 0.6 is 0 Å². The van der Waals surface area contributed by atoms with Gasteiger partial charge in [-0.1, -0.05) is 6.07 Å². The molecule has 0 saturated heterocycles. The topological polar surface area (TPSA) is 121 Å². The van der Waals surface area contributed by atoms with Gasteiger partial charge in [-0.25, -0.2) is 0 Å². The normalized spacial score (nSPS) is 10.1.